The Bertz CT molecular complexity index is 107. The summed E-state index contributed by atoms with van der Waals surface area (Å²) in [6, 6.07) is 0. The van der Waals surface area contributed by atoms with Gasteiger partial charge in [0.1, 0.15) is 0 Å². The molecule has 0 aromatic heterocycles. The van der Waals surface area contributed by atoms with Gasteiger partial charge in [0.25, 0.3) is 0 Å². The summed E-state index contributed by atoms with van der Waals surface area (Å²) in [6.07, 6.45) is 0.417. The molecule has 0 saturated heterocycles. The van der Waals surface area contributed by atoms with Crippen molar-refractivity contribution in [3.8, 4) is 0 Å². The molecule has 0 atom stereocenters. The Morgan fingerprint density at radius 2 is 2.12 bits per heavy atom. The fourth-order valence-electron chi connectivity index (χ4n) is 0.148. The third-order valence-electron chi connectivity index (χ3n) is 0.287. The standard InChI is InChI=1S/C3H5NO3.Na/c1-3(5)2-4(6)7;/h2,5H,1H3;/q;+1/p-1/b3-2+;. The van der Waals surface area contributed by atoms with Crippen LogP contribution < -0.4 is 34.7 Å². The van der Waals surface area contributed by atoms with Gasteiger partial charge in [-0.15, -0.1) is 0 Å². The van der Waals surface area contributed by atoms with Crippen LogP contribution in [0.4, 0.5) is 0 Å². The summed E-state index contributed by atoms with van der Waals surface area (Å²) in [5.41, 5.74) is 0. The molecule has 0 bridgehead atoms. The van der Waals surface area contributed by atoms with Crippen molar-refractivity contribution in [3.63, 3.8) is 0 Å². The molecular formula is C3H4NNaO3. The number of nitrogens with zero attached hydrogens (tertiary/aromatic N) is 1. The summed E-state index contributed by atoms with van der Waals surface area (Å²) in [6.45, 7) is 1.13. The Kier molecular flexibility index (Phi) is 6.89. The molecule has 0 radical (unpaired) electrons. The van der Waals surface area contributed by atoms with E-state index in [-0.39, 0.29) is 29.6 Å². The molecule has 0 rings (SSSR count). The monoisotopic (exact) mass is 125 g/mol. The largest absolute Gasteiger partial charge is 1.00 e. The zero-order valence-electron chi connectivity index (χ0n) is 4.75. The molecule has 0 N–H and O–H groups in total. The van der Waals surface area contributed by atoms with Gasteiger partial charge in [-0.3, -0.25) is 10.1 Å². The molecule has 0 aliphatic carbocycles. The van der Waals surface area contributed by atoms with Gasteiger partial charge in [-0.1, -0.05) is 5.76 Å². The van der Waals surface area contributed by atoms with E-state index >= 15 is 0 Å². The predicted octanol–water partition coefficient (Wildman–Crippen LogP) is -3.51. The zero-order valence-corrected chi connectivity index (χ0v) is 6.75. The fraction of sp³-hybridized carbons (Fsp3) is 0.333. The quantitative estimate of drug-likeness (QED) is 0.158. The average Bonchev–Trinajstić information content (AvgIpc) is 1.27. The van der Waals surface area contributed by atoms with E-state index in [9.17, 15) is 15.2 Å². The molecule has 0 aromatic rings. The minimum atomic E-state index is -0.775. The van der Waals surface area contributed by atoms with Gasteiger partial charge in [0.2, 0.25) is 6.20 Å². The summed E-state index contributed by atoms with van der Waals surface area (Å²) in [5.74, 6) is -0.537. The Morgan fingerprint density at radius 1 is 1.75 bits per heavy atom. The van der Waals surface area contributed by atoms with Crippen molar-refractivity contribution in [2.75, 3.05) is 0 Å². The Labute approximate surface area is 68.6 Å². The van der Waals surface area contributed by atoms with Gasteiger partial charge in [-0.2, -0.15) is 0 Å². The van der Waals surface area contributed by atoms with E-state index in [2.05, 4.69) is 0 Å². The van der Waals surface area contributed by atoms with Gasteiger partial charge >= 0.3 is 29.6 Å². The SMILES string of the molecule is C/C([O-])=C\[N+](=O)[O-].[Na+]. The zero-order chi connectivity index (χ0) is 5.86. The molecule has 0 saturated carbocycles. The summed E-state index contributed by atoms with van der Waals surface area (Å²) < 4.78 is 0. The van der Waals surface area contributed by atoms with Gasteiger partial charge < -0.3 is 5.11 Å². The second-order valence-electron chi connectivity index (χ2n) is 1.03. The Hall–Kier alpha value is -0.0600. The van der Waals surface area contributed by atoms with Crippen molar-refractivity contribution in [2.24, 2.45) is 0 Å². The maximum atomic E-state index is 9.76. The molecule has 0 aliphatic rings. The van der Waals surface area contributed by atoms with Crippen molar-refractivity contribution in [1.29, 1.82) is 0 Å². The minimum Gasteiger partial charge on any atom is -0.871 e. The smallest absolute Gasteiger partial charge is 0.871 e. The maximum absolute atomic E-state index is 9.76. The summed E-state index contributed by atoms with van der Waals surface area (Å²) in [5, 5.41) is 19.1. The number of nitro groups is 1. The Balaban J connectivity index is 0. The normalized spacial score (nSPS) is 9.88. The first-order chi connectivity index (χ1) is 3.13. The van der Waals surface area contributed by atoms with E-state index in [0.29, 0.717) is 6.20 Å². The Morgan fingerprint density at radius 3 is 2.12 bits per heavy atom. The van der Waals surface area contributed by atoms with E-state index in [0.717, 1.165) is 6.92 Å². The molecule has 0 unspecified atom stereocenters. The van der Waals surface area contributed by atoms with Crippen LogP contribution in [-0.4, -0.2) is 4.92 Å². The van der Waals surface area contributed by atoms with E-state index in [4.69, 9.17) is 0 Å². The molecule has 0 amide bonds. The molecule has 0 spiro atoms. The number of hydrogen-bond acceptors (Lipinski definition) is 3. The molecule has 0 fully saturated rings. The van der Waals surface area contributed by atoms with E-state index < -0.39 is 10.7 Å². The predicted molar refractivity (Wildman–Crippen MR) is 20.8 cm³/mol. The third-order valence-corrected chi connectivity index (χ3v) is 0.287. The molecule has 40 valence electrons. The average molecular weight is 125 g/mol. The topological polar surface area (TPSA) is 66.2 Å². The number of rotatable bonds is 1. The van der Waals surface area contributed by atoms with Crippen LogP contribution in [-0.2, 0) is 0 Å². The van der Waals surface area contributed by atoms with Crippen LogP contribution in [0.3, 0.4) is 0 Å². The van der Waals surface area contributed by atoms with E-state index in [1.165, 1.54) is 0 Å². The number of hydrogen-bond donors (Lipinski definition) is 0. The van der Waals surface area contributed by atoms with E-state index in [1.54, 1.807) is 0 Å². The first-order valence-corrected chi connectivity index (χ1v) is 1.62. The van der Waals surface area contributed by atoms with Crippen LogP contribution in [0.5, 0.6) is 0 Å². The van der Waals surface area contributed by atoms with Crippen molar-refractivity contribution in [2.45, 2.75) is 6.92 Å². The molecular weight excluding hydrogens is 121 g/mol. The van der Waals surface area contributed by atoms with Crippen LogP contribution in [0.25, 0.3) is 0 Å². The molecule has 0 aliphatic heterocycles. The second-order valence-corrected chi connectivity index (χ2v) is 1.03. The summed E-state index contributed by atoms with van der Waals surface area (Å²) >= 11 is 0. The third kappa shape index (κ3) is 9.34. The molecule has 4 nitrogen and oxygen atoms in total. The summed E-state index contributed by atoms with van der Waals surface area (Å²) in [7, 11) is 0. The van der Waals surface area contributed by atoms with Crippen molar-refractivity contribution >= 4 is 0 Å². The molecule has 0 aromatic carbocycles. The number of allylic oxidation sites excluding steroid dienone is 1. The first-order valence-electron chi connectivity index (χ1n) is 1.62. The van der Waals surface area contributed by atoms with Gasteiger partial charge in [-0.05, 0) is 6.92 Å². The van der Waals surface area contributed by atoms with Gasteiger partial charge in [-0.25, -0.2) is 0 Å². The van der Waals surface area contributed by atoms with Crippen LogP contribution in [0.15, 0.2) is 12.0 Å². The maximum Gasteiger partial charge on any atom is 1.00 e. The van der Waals surface area contributed by atoms with Crippen LogP contribution >= 0.6 is 0 Å². The van der Waals surface area contributed by atoms with E-state index in [1.807, 2.05) is 0 Å². The van der Waals surface area contributed by atoms with Crippen LogP contribution in [0.2, 0.25) is 0 Å². The first kappa shape index (κ1) is 10.8. The van der Waals surface area contributed by atoms with Gasteiger partial charge in [0, 0.05) is 0 Å². The van der Waals surface area contributed by atoms with Crippen molar-refractivity contribution in [1.82, 2.24) is 0 Å². The van der Waals surface area contributed by atoms with Gasteiger partial charge in [0.05, 0.1) is 4.92 Å². The molecule has 0 heterocycles. The van der Waals surface area contributed by atoms with Crippen LogP contribution in [0.1, 0.15) is 6.92 Å². The second kappa shape index (κ2) is 5.08. The minimum absolute atomic E-state index is 0. The molecule has 5 heteroatoms. The van der Waals surface area contributed by atoms with Crippen LogP contribution in [0, 0.1) is 10.1 Å². The van der Waals surface area contributed by atoms with Crippen molar-refractivity contribution < 1.29 is 39.6 Å². The molecule has 8 heavy (non-hydrogen) atoms. The summed E-state index contributed by atoms with van der Waals surface area (Å²) in [4.78, 5) is 8.56. The van der Waals surface area contributed by atoms with Crippen molar-refractivity contribution in [3.05, 3.63) is 22.1 Å². The van der Waals surface area contributed by atoms with Gasteiger partial charge in [0.15, 0.2) is 0 Å². The fourth-order valence-corrected chi connectivity index (χ4v) is 0.148.